The highest BCUT2D eigenvalue weighted by molar-refractivity contribution is 5.77. The molecule has 0 spiro atoms. The van der Waals surface area contributed by atoms with Crippen molar-refractivity contribution >= 4 is 12.1 Å². The summed E-state index contributed by atoms with van der Waals surface area (Å²) < 4.78 is 4.24. The molecular weight excluding hydrogens is 174 g/mol. The van der Waals surface area contributed by atoms with Crippen molar-refractivity contribution in [2.45, 2.75) is 26.3 Å². The van der Waals surface area contributed by atoms with E-state index in [0.717, 1.165) is 0 Å². The van der Waals surface area contributed by atoms with Crippen molar-refractivity contribution in [3.05, 3.63) is 0 Å². The zero-order valence-electron chi connectivity index (χ0n) is 8.22. The fourth-order valence-electron chi connectivity index (χ4n) is 0.531. The van der Waals surface area contributed by atoms with Crippen LogP contribution in [0.1, 0.15) is 20.8 Å². The van der Waals surface area contributed by atoms with E-state index in [1.807, 2.05) is 26.2 Å². The van der Waals surface area contributed by atoms with E-state index in [1.54, 1.807) is 0 Å². The summed E-state index contributed by atoms with van der Waals surface area (Å²) >= 11 is 0. The summed E-state index contributed by atoms with van der Waals surface area (Å²) in [6, 6.07) is -0.488. The Bertz CT molecular complexity index is 198. The van der Waals surface area contributed by atoms with Gasteiger partial charge in [0, 0.05) is 5.54 Å². The van der Waals surface area contributed by atoms with Crippen LogP contribution < -0.4 is 16.2 Å². The second-order valence-electron chi connectivity index (χ2n) is 3.45. The lowest BCUT2D eigenvalue weighted by atomic mass is 10.1. The Hall–Kier alpha value is -1.46. The summed E-state index contributed by atoms with van der Waals surface area (Å²) in [4.78, 5) is 21.5. The van der Waals surface area contributed by atoms with Gasteiger partial charge in [-0.1, -0.05) is 0 Å². The minimum atomic E-state index is -0.718. The largest absolute Gasteiger partial charge is 0.452 e. The van der Waals surface area contributed by atoms with Crippen LogP contribution in [0.5, 0.6) is 0 Å². The molecule has 0 radical (unpaired) electrons. The fourth-order valence-corrected chi connectivity index (χ4v) is 0.531. The molecule has 0 bridgehead atoms. The van der Waals surface area contributed by atoms with E-state index in [9.17, 15) is 9.59 Å². The number of ether oxygens (including phenoxy) is 1. The predicted molar refractivity (Wildman–Crippen MR) is 47.0 cm³/mol. The third-order valence-electron chi connectivity index (χ3n) is 0.952. The van der Waals surface area contributed by atoms with E-state index in [-0.39, 0.29) is 5.54 Å². The Labute approximate surface area is 77.0 Å². The summed E-state index contributed by atoms with van der Waals surface area (Å²) in [6.45, 7) is 5.47. The average Bonchev–Trinajstić information content (AvgIpc) is 1.97. The zero-order chi connectivity index (χ0) is 10.5. The van der Waals surface area contributed by atoms with Crippen molar-refractivity contribution in [2.24, 2.45) is 0 Å². The second-order valence-corrected chi connectivity index (χ2v) is 3.45. The minimum absolute atomic E-state index is 0.345. The topological polar surface area (TPSA) is 79.5 Å². The molecular formula is C7H15N3O3. The van der Waals surface area contributed by atoms with Crippen LogP contribution in [0.3, 0.4) is 0 Å². The molecule has 6 heteroatoms. The number of hydrogen-bond donors (Lipinski definition) is 3. The molecule has 76 valence electrons. The molecule has 0 aliphatic heterocycles. The standard InChI is InChI=1S/C7H15N3O3/c1-7(2,3)8-5(11)9-10-6(12)13-4/h1-4H3,(H,10,12)(H2,8,9,11). The summed E-state index contributed by atoms with van der Waals surface area (Å²) in [5.41, 5.74) is 3.80. The maximum absolute atomic E-state index is 11.0. The number of amides is 3. The van der Waals surface area contributed by atoms with Crippen molar-refractivity contribution in [1.82, 2.24) is 16.2 Å². The Morgan fingerprint density at radius 2 is 1.69 bits per heavy atom. The van der Waals surface area contributed by atoms with Gasteiger partial charge in [-0.25, -0.2) is 20.4 Å². The quantitative estimate of drug-likeness (QED) is 0.481. The highest BCUT2D eigenvalue weighted by Gasteiger charge is 2.13. The van der Waals surface area contributed by atoms with Gasteiger partial charge in [-0.05, 0) is 20.8 Å². The number of methoxy groups -OCH3 is 1. The smallest absolute Gasteiger partial charge is 0.425 e. The van der Waals surface area contributed by atoms with Crippen LogP contribution in [0, 0.1) is 0 Å². The molecule has 0 atom stereocenters. The van der Waals surface area contributed by atoms with Crippen LogP contribution in [0.15, 0.2) is 0 Å². The molecule has 0 aromatic heterocycles. The summed E-state index contributed by atoms with van der Waals surface area (Å²) in [5, 5.41) is 2.58. The molecule has 0 fully saturated rings. The van der Waals surface area contributed by atoms with Gasteiger partial charge in [-0.15, -0.1) is 0 Å². The van der Waals surface area contributed by atoms with Crippen molar-refractivity contribution < 1.29 is 14.3 Å². The average molecular weight is 189 g/mol. The van der Waals surface area contributed by atoms with Crippen molar-refractivity contribution in [3.8, 4) is 0 Å². The van der Waals surface area contributed by atoms with Crippen LogP contribution >= 0.6 is 0 Å². The normalized spacial score (nSPS) is 10.2. The van der Waals surface area contributed by atoms with Gasteiger partial charge in [0.2, 0.25) is 0 Å². The van der Waals surface area contributed by atoms with E-state index in [2.05, 4.69) is 15.5 Å². The number of carbonyl (C=O) groups is 2. The van der Waals surface area contributed by atoms with Gasteiger partial charge in [0.05, 0.1) is 7.11 Å². The van der Waals surface area contributed by atoms with E-state index in [1.165, 1.54) is 7.11 Å². The Morgan fingerprint density at radius 3 is 2.08 bits per heavy atom. The first-order valence-corrected chi connectivity index (χ1v) is 3.77. The van der Waals surface area contributed by atoms with Crippen LogP contribution in [0.25, 0.3) is 0 Å². The lowest BCUT2D eigenvalue weighted by Gasteiger charge is -2.20. The maximum atomic E-state index is 11.0. The molecule has 3 N–H and O–H groups in total. The Kier molecular flexibility index (Phi) is 4.03. The maximum Gasteiger partial charge on any atom is 0.425 e. The second kappa shape index (κ2) is 4.54. The van der Waals surface area contributed by atoms with Crippen molar-refractivity contribution in [2.75, 3.05) is 7.11 Å². The summed E-state index contributed by atoms with van der Waals surface area (Å²) in [5.74, 6) is 0. The van der Waals surface area contributed by atoms with Gasteiger partial charge in [-0.2, -0.15) is 0 Å². The molecule has 0 saturated carbocycles. The number of carbonyl (C=O) groups excluding carboxylic acids is 2. The highest BCUT2D eigenvalue weighted by atomic mass is 16.5. The first kappa shape index (κ1) is 11.5. The SMILES string of the molecule is COC(=O)NNC(=O)NC(C)(C)C. The number of rotatable bonds is 0. The minimum Gasteiger partial charge on any atom is -0.452 e. The highest BCUT2D eigenvalue weighted by Crippen LogP contribution is 1.96. The molecule has 0 aliphatic rings. The number of hydrogen-bond acceptors (Lipinski definition) is 3. The number of urea groups is 1. The van der Waals surface area contributed by atoms with Crippen molar-refractivity contribution in [1.29, 1.82) is 0 Å². The Morgan fingerprint density at radius 1 is 1.15 bits per heavy atom. The monoisotopic (exact) mass is 189 g/mol. The molecule has 0 unspecified atom stereocenters. The third-order valence-corrected chi connectivity index (χ3v) is 0.952. The van der Waals surface area contributed by atoms with Crippen LogP contribution in [0.2, 0.25) is 0 Å². The molecule has 0 saturated heterocycles. The molecule has 3 amide bonds. The molecule has 0 aliphatic carbocycles. The van der Waals surface area contributed by atoms with Gasteiger partial charge in [-0.3, -0.25) is 0 Å². The molecule has 0 heterocycles. The number of nitrogens with one attached hydrogen (secondary N) is 3. The molecule has 13 heavy (non-hydrogen) atoms. The third kappa shape index (κ3) is 6.92. The van der Waals surface area contributed by atoms with Crippen LogP contribution in [0.4, 0.5) is 9.59 Å². The van der Waals surface area contributed by atoms with Gasteiger partial charge >= 0.3 is 12.1 Å². The van der Waals surface area contributed by atoms with Gasteiger partial charge in [0.15, 0.2) is 0 Å². The van der Waals surface area contributed by atoms with Gasteiger partial charge < -0.3 is 10.1 Å². The van der Waals surface area contributed by atoms with E-state index >= 15 is 0 Å². The van der Waals surface area contributed by atoms with Gasteiger partial charge in [0.1, 0.15) is 0 Å². The lowest BCUT2D eigenvalue weighted by Crippen LogP contribution is -2.52. The van der Waals surface area contributed by atoms with E-state index in [0.29, 0.717) is 0 Å². The summed E-state index contributed by atoms with van der Waals surface area (Å²) in [6.07, 6.45) is -0.718. The van der Waals surface area contributed by atoms with Crippen LogP contribution in [-0.2, 0) is 4.74 Å². The fraction of sp³-hybridized carbons (Fsp3) is 0.714. The molecule has 0 aromatic rings. The number of hydrazine groups is 1. The summed E-state index contributed by atoms with van der Waals surface area (Å²) in [7, 11) is 1.21. The first-order valence-electron chi connectivity index (χ1n) is 3.77. The zero-order valence-corrected chi connectivity index (χ0v) is 8.22. The molecule has 0 aromatic carbocycles. The molecule has 6 nitrogen and oxygen atoms in total. The van der Waals surface area contributed by atoms with Crippen molar-refractivity contribution in [3.63, 3.8) is 0 Å². The molecule has 0 rings (SSSR count). The van der Waals surface area contributed by atoms with E-state index in [4.69, 9.17) is 0 Å². The van der Waals surface area contributed by atoms with Crippen LogP contribution in [-0.4, -0.2) is 24.8 Å². The van der Waals surface area contributed by atoms with E-state index < -0.39 is 12.1 Å². The lowest BCUT2D eigenvalue weighted by molar-refractivity contribution is 0.164. The predicted octanol–water partition coefficient (Wildman–Crippen LogP) is 0.355. The Balaban J connectivity index is 3.71. The van der Waals surface area contributed by atoms with Gasteiger partial charge in [0.25, 0.3) is 0 Å². The first-order chi connectivity index (χ1) is 5.85.